The number of rotatable bonds is 4. The zero-order valence-corrected chi connectivity index (χ0v) is 26.8. The molecule has 0 aliphatic rings. The molecule has 244 valence electrons. The molecule has 1 N–H and O–H groups in total. The maximum absolute atomic E-state index is 14.3. The van der Waals surface area contributed by atoms with Crippen molar-refractivity contribution in [2.45, 2.75) is 13.8 Å². The molecule has 0 amide bonds. The van der Waals surface area contributed by atoms with Crippen molar-refractivity contribution in [2.75, 3.05) is 0 Å². The summed E-state index contributed by atoms with van der Waals surface area (Å²) < 4.78 is 83.4. The highest BCUT2D eigenvalue weighted by atomic mass is 35.5. The van der Waals surface area contributed by atoms with E-state index >= 15 is 0 Å². The Morgan fingerprint density at radius 1 is 0.542 bits per heavy atom. The molecule has 0 radical (unpaired) electrons. The van der Waals surface area contributed by atoms with Gasteiger partial charge in [0, 0.05) is 51.0 Å². The van der Waals surface area contributed by atoms with Crippen LogP contribution in [0.4, 0.5) is 26.3 Å². The Morgan fingerprint density at radius 2 is 0.979 bits per heavy atom. The number of aromatic amines is 1. The molecule has 0 saturated heterocycles. The number of nitrogens with zero attached hydrogens (tertiary/aromatic N) is 3. The Balaban J connectivity index is 0.000000188. The zero-order valence-electron chi connectivity index (χ0n) is 24.6. The Hall–Kier alpha value is -4.71. The molecule has 6 aromatic rings. The van der Waals surface area contributed by atoms with Crippen molar-refractivity contribution in [1.82, 2.24) is 20.4 Å². The molecule has 5 nitrogen and oxygen atoms in total. The van der Waals surface area contributed by atoms with E-state index in [0.29, 0.717) is 62.4 Å². The number of hydrogen-bond acceptors (Lipinski definition) is 4. The first-order chi connectivity index (χ1) is 22.8. The lowest BCUT2D eigenvalue weighted by molar-refractivity contribution is 0.546. The van der Waals surface area contributed by atoms with Crippen molar-refractivity contribution in [1.29, 1.82) is 0 Å². The Bertz CT molecular complexity index is 2220. The van der Waals surface area contributed by atoms with Crippen molar-refractivity contribution in [3.05, 3.63) is 145 Å². The largest absolute Gasteiger partial charge is 0.272 e. The minimum atomic E-state index is -1.17. The molecule has 0 fully saturated rings. The van der Waals surface area contributed by atoms with E-state index in [1.807, 2.05) is 0 Å². The second kappa shape index (κ2) is 14.2. The van der Waals surface area contributed by atoms with Crippen LogP contribution in [-0.4, -0.2) is 20.4 Å². The van der Waals surface area contributed by atoms with Gasteiger partial charge in [-0.05, 0) is 49.2 Å². The van der Waals surface area contributed by atoms with Crippen molar-refractivity contribution in [3.8, 4) is 44.5 Å². The van der Waals surface area contributed by atoms with E-state index in [0.717, 1.165) is 0 Å². The van der Waals surface area contributed by atoms with Gasteiger partial charge in [-0.2, -0.15) is 10.2 Å². The summed E-state index contributed by atoms with van der Waals surface area (Å²) >= 11 is 18.0. The number of halogens is 9. The Labute approximate surface area is 283 Å². The normalized spacial score (nSPS) is 10.9. The number of H-pyrrole nitrogens is 1. The van der Waals surface area contributed by atoms with Crippen LogP contribution in [0.1, 0.15) is 11.4 Å². The number of aromatic nitrogens is 4. The summed E-state index contributed by atoms with van der Waals surface area (Å²) in [4.78, 5) is 12.3. The van der Waals surface area contributed by atoms with E-state index < -0.39 is 51.6 Å². The number of nitrogens with one attached hydrogen (secondary N) is 1. The van der Waals surface area contributed by atoms with E-state index in [1.165, 1.54) is 0 Å². The fourth-order valence-corrected chi connectivity index (χ4v) is 5.67. The lowest BCUT2D eigenvalue weighted by Crippen LogP contribution is -2.16. The molecule has 6 rings (SSSR count). The maximum Gasteiger partial charge on any atom is 0.272 e. The van der Waals surface area contributed by atoms with Gasteiger partial charge in [0.15, 0.2) is 5.15 Å². The van der Waals surface area contributed by atoms with E-state index in [4.69, 9.17) is 34.8 Å². The molecule has 4 aromatic carbocycles. The molecule has 0 aliphatic heterocycles. The molecule has 0 spiro atoms. The standard InChI is InChI=1S/C17H9Cl2F3N2.C17H10ClF3N2O/c1-8-14(9-3-2-4-10(18)5-9)16(17(19)24-23-8)15-12(21)6-11(20)7-13(15)22;1-8-14(9-3-2-4-10(18)5-9)16(17(24)23-22-8)15-12(20)6-11(19)7-13(15)21/h2-7H,1H3;2-7H,1H3,(H,23,24). The molecule has 2 heterocycles. The lowest BCUT2D eigenvalue weighted by atomic mass is 9.94. The number of benzene rings is 4. The molecule has 0 saturated carbocycles. The third-order valence-corrected chi connectivity index (χ3v) is 7.75. The van der Waals surface area contributed by atoms with E-state index in [9.17, 15) is 31.1 Å². The first-order valence-electron chi connectivity index (χ1n) is 13.7. The van der Waals surface area contributed by atoms with Gasteiger partial charge in [-0.1, -0.05) is 59.1 Å². The van der Waals surface area contributed by atoms with Crippen molar-refractivity contribution < 1.29 is 26.3 Å². The highest BCUT2D eigenvalue weighted by Crippen LogP contribution is 2.41. The monoisotopic (exact) mass is 718 g/mol. The van der Waals surface area contributed by atoms with E-state index in [-0.39, 0.29) is 21.8 Å². The highest BCUT2D eigenvalue weighted by molar-refractivity contribution is 6.33. The van der Waals surface area contributed by atoms with Gasteiger partial charge in [-0.15, -0.1) is 5.10 Å². The molecule has 0 bridgehead atoms. The molecule has 0 unspecified atom stereocenters. The predicted molar refractivity (Wildman–Crippen MR) is 173 cm³/mol. The van der Waals surface area contributed by atoms with E-state index in [1.54, 1.807) is 62.4 Å². The van der Waals surface area contributed by atoms with Crippen LogP contribution in [0.15, 0.2) is 77.6 Å². The van der Waals surface area contributed by atoms with Crippen LogP contribution in [0, 0.1) is 48.8 Å². The average Bonchev–Trinajstić information content (AvgIpc) is 3.00. The third kappa shape index (κ3) is 7.08. The molecule has 2 aromatic heterocycles. The van der Waals surface area contributed by atoms with E-state index in [2.05, 4.69) is 20.4 Å². The van der Waals surface area contributed by atoms with Gasteiger partial charge in [0.05, 0.1) is 28.1 Å². The van der Waals surface area contributed by atoms with Crippen molar-refractivity contribution >= 4 is 34.8 Å². The van der Waals surface area contributed by atoms with Crippen LogP contribution in [0.3, 0.4) is 0 Å². The summed E-state index contributed by atoms with van der Waals surface area (Å²) in [6.45, 7) is 3.21. The van der Waals surface area contributed by atoms with Gasteiger partial charge in [0.2, 0.25) is 0 Å². The molecule has 14 heteroatoms. The third-order valence-electron chi connectivity index (χ3n) is 7.01. The molecule has 0 atom stereocenters. The van der Waals surface area contributed by atoms with Crippen molar-refractivity contribution in [2.24, 2.45) is 0 Å². The summed E-state index contributed by atoms with van der Waals surface area (Å²) in [5, 5.41) is 14.3. The summed E-state index contributed by atoms with van der Waals surface area (Å²) in [6.07, 6.45) is 0. The van der Waals surface area contributed by atoms with Crippen LogP contribution in [0.2, 0.25) is 15.2 Å². The first-order valence-corrected chi connectivity index (χ1v) is 14.8. The van der Waals surface area contributed by atoms with Crippen molar-refractivity contribution in [3.63, 3.8) is 0 Å². The zero-order chi connectivity index (χ0) is 34.9. The molecular formula is C34H19Cl3F6N4O. The van der Waals surface area contributed by atoms with Crippen LogP contribution in [0.25, 0.3) is 44.5 Å². The fourth-order valence-electron chi connectivity index (χ4n) is 5.07. The Morgan fingerprint density at radius 3 is 1.44 bits per heavy atom. The van der Waals surface area contributed by atoms with Gasteiger partial charge in [0.25, 0.3) is 5.56 Å². The summed E-state index contributed by atoms with van der Waals surface area (Å²) in [5.41, 5.74) is 0.252. The summed E-state index contributed by atoms with van der Waals surface area (Å²) in [6, 6.07) is 15.3. The first kappa shape index (κ1) is 34.6. The van der Waals surface area contributed by atoms with Gasteiger partial charge in [0.1, 0.15) is 34.9 Å². The summed E-state index contributed by atoms with van der Waals surface area (Å²) in [7, 11) is 0. The van der Waals surface area contributed by atoms with Gasteiger partial charge >= 0.3 is 0 Å². The van der Waals surface area contributed by atoms with Crippen LogP contribution >= 0.6 is 34.8 Å². The lowest BCUT2D eigenvalue weighted by Gasteiger charge is -2.15. The molecular weight excluding hydrogens is 701 g/mol. The second-order valence-electron chi connectivity index (χ2n) is 10.2. The Kier molecular flexibility index (Phi) is 10.2. The average molecular weight is 720 g/mol. The highest BCUT2D eigenvalue weighted by Gasteiger charge is 2.25. The smallest absolute Gasteiger partial charge is 0.267 e. The minimum Gasteiger partial charge on any atom is -0.267 e. The summed E-state index contributed by atoms with van der Waals surface area (Å²) in [5.74, 6) is -6.60. The molecule has 0 aliphatic carbocycles. The van der Waals surface area contributed by atoms with Gasteiger partial charge in [-0.25, -0.2) is 31.4 Å². The molecule has 48 heavy (non-hydrogen) atoms. The van der Waals surface area contributed by atoms with Crippen LogP contribution in [0.5, 0.6) is 0 Å². The second-order valence-corrected chi connectivity index (χ2v) is 11.5. The number of hydrogen-bond donors (Lipinski definition) is 1. The topological polar surface area (TPSA) is 71.5 Å². The predicted octanol–water partition coefficient (Wildman–Crippen LogP) is 10.3. The van der Waals surface area contributed by atoms with Crippen LogP contribution < -0.4 is 5.56 Å². The SMILES string of the molecule is Cc1n[nH]c(=O)c(-c2c(F)cc(F)cc2F)c1-c1cccc(Cl)c1.Cc1nnc(Cl)c(-c2c(F)cc(F)cc2F)c1-c1cccc(Cl)c1. The fraction of sp³-hybridized carbons (Fsp3) is 0.0588. The van der Waals surface area contributed by atoms with Gasteiger partial charge < -0.3 is 0 Å². The minimum absolute atomic E-state index is 0.00133. The van der Waals surface area contributed by atoms with Gasteiger partial charge in [-0.3, -0.25) is 4.79 Å². The quantitative estimate of drug-likeness (QED) is 0.184. The number of aryl methyl sites for hydroxylation is 2. The maximum atomic E-state index is 14.3. The van der Waals surface area contributed by atoms with Crippen LogP contribution in [-0.2, 0) is 0 Å².